The van der Waals surface area contributed by atoms with Gasteiger partial charge in [-0.25, -0.2) is 9.97 Å². The van der Waals surface area contributed by atoms with Crippen LogP contribution in [0.3, 0.4) is 0 Å². The number of imidazole rings is 1. The Bertz CT molecular complexity index is 1230. The van der Waals surface area contributed by atoms with E-state index in [1.165, 1.54) is 0 Å². The summed E-state index contributed by atoms with van der Waals surface area (Å²) in [5.74, 6) is 2.80. The Hall–Kier alpha value is -4.01. The van der Waals surface area contributed by atoms with Crippen molar-refractivity contribution in [3.8, 4) is 23.0 Å². The Morgan fingerprint density at radius 2 is 2.00 bits per heavy atom. The number of hydrogen-bond acceptors (Lipinski definition) is 7. The molecule has 1 N–H and O–H groups in total. The maximum absolute atomic E-state index is 12.6. The van der Waals surface area contributed by atoms with Crippen LogP contribution in [-0.4, -0.2) is 37.7 Å². The summed E-state index contributed by atoms with van der Waals surface area (Å²) in [6.07, 6.45) is 7.12. The van der Waals surface area contributed by atoms with E-state index >= 15 is 0 Å². The minimum Gasteiger partial charge on any atom is -0.497 e. The Labute approximate surface area is 184 Å². The molecule has 0 unspecified atom stereocenters. The maximum atomic E-state index is 12.6. The van der Waals surface area contributed by atoms with E-state index in [2.05, 4.69) is 25.4 Å². The largest absolute Gasteiger partial charge is 0.497 e. The summed E-state index contributed by atoms with van der Waals surface area (Å²) in [5, 5.41) is 6.99. The number of benzene rings is 1. The molecule has 9 heteroatoms. The molecule has 1 aliphatic carbocycles. The van der Waals surface area contributed by atoms with Crippen LogP contribution in [0.15, 0.2) is 59.6 Å². The molecule has 3 aromatic heterocycles. The van der Waals surface area contributed by atoms with E-state index in [1.807, 2.05) is 43.3 Å². The molecule has 0 aliphatic heterocycles. The Morgan fingerprint density at radius 1 is 1.19 bits per heavy atom. The molecule has 1 saturated carbocycles. The molecule has 0 saturated heterocycles. The number of nitrogens with zero attached hydrogens (tertiary/aromatic N) is 5. The number of pyridine rings is 1. The fraction of sp³-hybridized carbons (Fsp3) is 0.261. The summed E-state index contributed by atoms with van der Waals surface area (Å²) in [5.41, 5.74) is 2.03. The number of ether oxygens (including phenoxy) is 1. The first kappa shape index (κ1) is 19.9. The van der Waals surface area contributed by atoms with E-state index in [9.17, 15) is 4.79 Å². The summed E-state index contributed by atoms with van der Waals surface area (Å²) in [7, 11) is 1.62. The van der Waals surface area contributed by atoms with Gasteiger partial charge in [-0.15, -0.1) is 0 Å². The molecule has 1 atom stereocenters. The number of aromatic nitrogens is 5. The third-order valence-electron chi connectivity index (χ3n) is 5.42. The highest BCUT2D eigenvalue weighted by molar-refractivity contribution is 5.92. The number of hydrogen-bond donors (Lipinski definition) is 1. The average Bonchev–Trinajstić information content (AvgIpc) is 3.35. The standard InChI is InChI=1S/C23H22N6O3/c1-14(15-5-8-18(31-2)9-6-15)26-22(30)19-12-29(13-25-19)20-10-7-17(11-24-20)23-27-21(28-32-23)16-3-4-16/h5-14,16H,3-4H2,1-2H3,(H,26,30)/t14-/m1/s1. The quantitative estimate of drug-likeness (QED) is 0.476. The lowest BCUT2D eigenvalue weighted by molar-refractivity contribution is 0.0935. The van der Waals surface area contributed by atoms with Crippen molar-refractivity contribution >= 4 is 5.91 Å². The van der Waals surface area contributed by atoms with Crippen LogP contribution < -0.4 is 10.1 Å². The smallest absolute Gasteiger partial charge is 0.271 e. The van der Waals surface area contributed by atoms with E-state index in [1.54, 1.807) is 30.4 Å². The molecule has 0 spiro atoms. The summed E-state index contributed by atoms with van der Waals surface area (Å²) in [6.45, 7) is 1.92. The molecule has 9 nitrogen and oxygen atoms in total. The molecule has 1 amide bonds. The van der Waals surface area contributed by atoms with Crippen molar-refractivity contribution in [2.24, 2.45) is 0 Å². The average molecular weight is 430 g/mol. The van der Waals surface area contributed by atoms with Crippen LogP contribution in [0.5, 0.6) is 5.75 Å². The molecule has 0 bridgehead atoms. The zero-order valence-corrected chi connectivity index (χ0v) is 17.7. The molecule has 1 fully saturated rings. The van der Waals surface area contributed by atoms with Crippen LogP contribution in [0.2, 0.25) is 0 Å². The van der Waals surface area contributed by atoms with Gasteiger partial charge in [0.15, 0.2) is 5.82 Å². The first-order valence-electron chi connectivity index (χ1n) is 10.4. The fourth-order valence-electron chi connectivity index (χ4n) is 3.34. The van der Waals surface area contributed by atoms with E-state index < -0.39 is 0 Å². The van der Waals surface area contributed by atoms with Gasteiger partial charge in [-0.2, -0.15) is 4.98 Å². The number of carbonyl (C=O) groups excluding carboxylic acids is 1. The maximum Gasteiger partial charge on any atom is 0.271 e. The lowest BCUT2D eigenvalue weighted by Gasteiger charge is -2.13. The van der Waals surface area contributed by atoms with E-state index in [4.69, 9.17) is 9.26 Å². The van der Waals surface area contributed by atoms with Gasteiger partial charge < -0.3 is 14.6 Å². The van der Waals surface area contributed by atoms with Crippen LogP contribution in [-0.2, 0) is 0 Å². The zero-order valence-electron chi connectivity index (χ0n) is 17.7. The van der Waals surface area contributed by atoms with Gasteiger partial charge in [-0.05, 0) is 49.6 Å². The first-order chi connectivity index (χ1) is 15.6. The molecular formula is C23H22N6O3. The number of methoxy groups -OCH3 is 1. The van der Waals surface area contributed by atoms with E-state index in [-0.39, 0.29) is 11.9 Å². The zero-order chi connectivity index (χ0) is 22.1. The highest BCUT2D eigenvalue weighted by Gasteiger charge is 2.29. The van der Waals surface area contributed by atoms with Crippen molar-refractivity contribution in [3.63, 3.8) is 0 Å². The van der Waals surface area contributed by atoms with Crippen LogP contribution in [0.25, 0.3) is 17.3 Å². The van der Waals surface area contributed by atoms with Crippen molar-refractivity contribution in [2.45, 2.75) is 31.7 Å². The molecular weight excluding hydrogens is 408 g/mol. The number of rotatable bonds is 7. The predicted octanol–water partition coefficient (Wildman–Crippen LogP) is 3.69. The van der Waals surface area contributed by atoms with E-state index in [0.29, 0.717) is 23.3 Å². The Balaban J connectivity index is 1.25. The molecule has 3 heterocycles. The summed E-state index contributed by atoms with van der Waals surface area (Å²) < 4.78 is 12.2. The van der Waals surface area contributed by atoms with Gasteiger partial charge >= 0.3 is 0 Å². The second-order valence-electron chi connectivity index (χ2n) is 7.77. The summed E-state index contributed by atoms with van der Waals surface area (Å²) in [6, 6.07) is 11.1. The monoisotopic (exact) mass is 430 g/mol. The topological polar surface area (TPSA) is 108 Å². The van der Waals surface area contributed by atoms with Gasteiger partial charge in [0.2, 0.25) is 0 Å². The van der Waals surface area contributed by atoms with Gasteiger partial charge in [0, 0.05) is 18.3 Å². The van der Waals surface area contributed by atoms with Crippen molar-refractivity contribution in [2.75, 3.05) is 7.11 Å². The summed E-state index contributed by atoms with van der Waals surface area (Å²) in [4.78, 5) is 25.7. The van der Waals surface area contributed by atoms with Gasteiger partial charge in [0.05, 0.1) is 18.7 Å². The highest BCUT2D eigenvalue weighted by atomic mass is 16.5. The highest BCUT2D eigenvalue weighted by Crippen LogP contribution is 2.38. The Morgan fingerprint density at radius 3 is 2.69 bits per heavy atom. The van der Waals surface area contributed by atoms with Gasteiger partial charge in [0.25, 0.3) is 11.8 Å². The van der Waals surface area contributed by atoms with Crippen molar-refractivity contribution in [1.29, 1.82) is 0 Å². The molecule has 1 aromatic carbocycles. The van der Waals surface area contributed by atoms with Crippen molar-refractivity contribution in [3.05, 3.63) is 72.2 Å². The van der Waals surface area contributed by atoms with Crippen LogP contribution in [0, 0.1) is 0 Å². The van der Waals surface area contributed by atoms with Crippen LogP contribution in [0.4, 0.5) is 0 Å². The third kappa shape index (κ3) is 4.09. The first-order valence-corrected chi connectivity index (χ1v) is 10.4. The van der Waals surface area contributed by atoms with E-state index in [0.717, 1.165) is 35.5 Å². The SMILES string of the molecule is COc1ccc([C@@H](C)NC(=O)c2cn(-c3ccc(-c4nc(C5CC5)no4)cn3)cn2)cc1. The van der Waals surface area contributed by atoms with Crippen LogP contribution >= 0.6 is 0 Å². The Kier molecular flexibility index (Phi) is 5.14. The normalized spacial score (nSPS) is 14.2. The summed E-state index contributed by atoms with van der Waals surface area (Å²) >= 11 is 0. The predicted molar refractivity (Wildman–Crippen MR) is 116 cm³/mol. The minimum atomic E-state index is -0.262. The number of nitrogens with one attached hydrogen (secondary N) is 1. The second kappa shape index (κ2) is 8.26. The fourth-order valence-corrected chi connectivity index (χ4v) is 3.34. The molecule has 4 aromatic rings. The molecule has 5 rings (SSSR count). The molecule has 32 heavy (non-hydrogen) atoms. The van der Waals surface area contributed by atoms with Gasteiger partial charge in [0.1, 0.15) is 23.6 Å². The molecule has 1 aliphatic rings. The second-order valence-corrected chi connectivity index (χ2v) is 7.77. The van der Waals surface area contributed by atoms with Crippen molar-refractivity contribution in [1.82, 2.24) is 30.0 Å². The van der Waals surface area contributed by atoms with Crippen molar-refractivity contribution < 1.29 is 14.1 Å². The number of carbonyl (C=O) groups is 1. The van der Waals surface area contributed by atoms with Crippen LogP contribution in [0.1, 0.15) is 53.6 Å². The molecule has 0 radical (unpaired) electrons. The van der Waals surface area contributed by atoms with Gasteiger partial charge in [-0.1, -0.05) is 17.3 Å². The van der Waals surface area contributed by atoms with Gasteiger partial charge in [-0.3, -0.25) is 9.36 Å². The lowest BCUT2D eigenvalue weighted by Crippen LogP contribution is -2.26. The lowest BCUT2D eigenvalue weighted by atomic mass is 10.1. The molecule has 162 valence electrons. The minimum absolute atomic E-state index is 0.175. The number of amides is 1. The third-order valence-corrected chi connectivity index (χ3v) is 5.42.